The Morgan fingerprint density at radius 1 is 1.12 bits per heavy atom. The average Bonchev–Trinajstić information content (AvgIpc) is 2.30. The van der Waals surface area contributed by atoms with Gasteiger partial charge in [-0.25, -0.2) is 8.78 Å². The molecular weight excluding hydrogens is 222 g/mol. The first kappa shape index (κ1) is 14.8. The first-order chi connectivity index (χ1) is 7.65. The molecule has 0 aliphatic heterocycles. The number of esters is 2. The maximum absolute atomic E-state index is 11.7. The van der Waals surface area contributed by atoms with E-state index in [0.29, 0.717) is 6.42 Å². The maximum Gasteiger partial charge on any atom is 0.309 e. The molecule has 1 atom stereocenters. The van der Waals surface area contributed by atoms with Crippen molar-refractivity contribution in [2.24, 2.45) is 5.92 Å². The summed E-state index contributed by atoms with van der Waals surface area (Å²) in [6.45, 7) is -0.434. The van der Waals surface area contributed by atoms with E-state index in [-0.39, 0.29) is 19.6 Å². The maximum atomic E-state index is 11.7. The van der Waals surface area contributed by atoms with Gasteiger partial charge in [0.05, 0.1) is 12.3 Å². The van der Waals surface area contributed by atoms with Gasteiger partial charge in [-0.15, -0.1) is 0 Å². The van der Waals surface area contributed by atoms with Crippen molar-refractivity contribution in [3.63, 3.8) is 0 Å². The van der Waals surface area contributed by atoms with Gasteiger partial charge in [0, 0.05) is 0 Å². The Morgan fingerprint density at radius 2 is 1.69 bits per heavy atom. The van der Waals surface area contributed by atoms with Crippen LogP contribution in [0.25, 0.3) is 0 Å². The number of hydrogen-bond donors (Lipinski definition) is 0. The number of ether oxygens (including phenoxy) is 2. The summed E-state index contributed by atoms with van der Waals surface area (Å²) < 4.78 is 32.5. The molecule has 0 heterocycles. The third-order valence-electron chi connectivity index (χ3n) is 1.90. The molecule has 4 nitrogen and oxygen atoms in total. The van der Waals surface area contributed by atoms with Gasteiger partial charge in [-0.3, -0.25) is 9.59 Å². The number of rotatable bonds is 8. The molecule has 1 unspecified atom stereocenters. The van der Waals surface area contributed by atoms with Crippen LogP contribution < -0.4 is 0 Å². The first-order valence-corrected chi connectivity index (χ1v) is 5.09. The molecule has 0 spiro atoms. The van der Waals surface area contributed by atoms with Gasteiger partial charge in [-0.05, 0) is 6.42 Å². The minimum atomic E-state index is -0.755. The highest BCUT2D eigenvalue weighted by Gasteiger charge is 2.22. The minimum absolute atomic E-state index is 0.165. The molecule has 0 N–H and O–H groups in total. The summed E-state index contributed by atoms with van der Waals surface area (Å²) in [4.78, 5) is 22.4. The Labute approximate surface area is 92.9 Å². The van der Waals surface area contributed by atoms with Gasteiger partial charge >= 0.3 is 11.9 Å². The summed E-state index contributed by atoms with van der Waals surface area (Å²) in [5.74, 6) is -1.93. The van der Waals surface area contributed by atoms with E-state index in [9.17, 15) is 18.4 Å². The van der Waals surface area contributed by atoms with E-state index < -0.39 is 31.2 Å². The number of halogens is 2. The summed E-state index contributed by atoms with van der Waals surface area (Å²) in [7, 11) is 0. The molecule has 0 aromatic carbocycles. The van der Waals surface area contributed by atoms with Crippen molar-refractivity contribution in [1.82, 2.24) is 0 Å². The van der Waals surface area contributed by atoms with Crippen LogP contribution in [0.1, 0.15) is 19.8 Å². The monoisotopic (exact) mass is 238 g/mol. The van der Waals surface area contributed by atoms with Gasteiger partial charge in [0.2, 0.25) is 0 Å². The Balaban J connectivity index is 3.97. The predicted octanol–water partition coefficient (Wildman–Crippen LogP) is 1.43. The van der Waals surface area contributed by atoms with Gasteiger partial charge in [0.25, 0.3) is 0 Å². The highest BCUT2D eigenvalue weighted by atomic mass is 19.1. The fraction of sp³-hybridized carbons (Fsp3) is 0.800. The van der Waals surface area contributed by atoms with Gasteiger partial charge in [0.15, 0.2) is 0 Å². The molecular formula is C10H16F2O4. The van der Waals surface area contributed by atoms with Gasteiger partial charge < -0.3 is 9.47 Å². The SMILES string of the molecule is CCC(CC(=O)OCCF)C(=O)OCCF. The van der Waals surface area contributed by atoms with E-state index in [2.05, 4.69) is 9.47 Å². The van der Waals surface area contributed by atoms with Crippen LogP contribution in [-0.4, -0.2) is 38.5 Å². The van der Waals surface area contributed by atoms with Crippen LogP contribution in [0.3, 0.4) is 0 Å². The lowest BCUT2D eigenvalue weighted by molar-refractivity contribution is -0.155. The number of carbonyl (C=O) groups is 2. The standard InChI is InChI=1S/C10H16F2O4/c1-2-8(10(14)16-6-4-12)7-9(13)15-5-3-11/h8H,2-7H2,1H3. The molecule has 0 bridgehead atoms. The van der Waals surface area contributed by atoms with Gasteiger partial charge in [-0.2, -0.15) is 0 Å². The fourth-order valence-corrected chi connectivity index (χ4v) is 1.06. The minimum Gasteiger partial charge on any atom is -0.463 e. The first-order valence-electron chi connectivity index (χ1n) is 5.09. The highest BCUT2D eigenvalue weighted by molar-refractivity contribution is 5.79. The summed E-state index contributed by atoms with van der Waals surface area (Å²) in [6, 6.07) is 0. The summed E-state index contributed by atoms with van der Waals surface area (Å²) in [5, 5.41) is 0. The summed E-state index contributed by atoms with van der Waals surface area (Å²) in [6.07, 6.45) is 0.220. The largest absolute Gasteiger partial charge is 0.463 e. The van der Waals surface area contributed by atoms with E-state index in [1.807, 2.05) is 0 Å². The van der Waals surface area contributed by atoms with Crippen LogP contribution in [-0.2, 0) is 19.1 Å². The molecule has 0 saturated carbocycles. The van der Waals surface area contributed by atoms with E-state index in [1.165, 1.54) is 0 Å². The van der Waals surface area contributed by atoms with Crippen molar-refractivity contribution in [2.45, 2.75) is 19.8 Å². The van der Waals surface area contributed by atoms with Crippen LogP contribution in [0, 0.1) is 5.92 Å². The van der Waals surface area contributed by atoms with Gasteiger partial charge in [-0.1, -0.05) is 6.92 Å². The van der Waals surface area contributed by atoms with Crippen LogP contribution in [0.2, 0.25) is 0 Å². The van der Waals surface area contributed by atoms with Crippen molar-refractivity contribution < 1.29 is 27.8 Å². The zero-order valence-corrected chi connectivity index (χ0v) is 9.21. The lowest BCUT2D eigenvalue weighted by Crippen LogP contribution is -2.22. The molecule has 0 aliphatic carbocycles. The molecule has 16 heavy (non-hydrogen) atoms. The molecule has 0 amide bonds. The Morgan fingerprint density at radius 3 is 2.19 bits per heavy atom. The average molecular weight is 238 g/mol. The number of carbonyl (C=O) groups excluding carboxylic acids is 2. The molecule has 6 heteroatoms. The molecule has 0 aromatic rings. The van der Waals surface area contributed by atoms with Crippen molar-refractivity contribution in [2.75, 3.05) is 26.6 Å². The second-order valence-corrected chi connectivity index (χ2v) is 3.08. The molecule has 0 aliphatic rings. The molecule has 0 saturated heterocycles. The topological polar surface area (TPSA) is 52.6 Å². The fourth-order valence-electron chi connectivity index (χ4n) is 1.06. The van der Waals surface area contributed by atoms with E-state index >= 15 is 0 Å². The van der Waals surface area contributed by atoms with E-state index in [1.54, 1.807) is 6.92 Å². The van der Waals surface area contributed by atoms with Gasteiger partial charge in [0.1, 0.15) is 26.6 Å². The normalized spacial score (nSPS) is 11.9. The Hall–Kier alpha value is -1.20. The molecule has 0 aromatic heterocycles. The van der Waals surface area contributed by atoms with Crippen LogP contribution in [0.5, 0.6) is 0 Å². The van der Waals surface area contributed by atoms with Crippen molar-refractivity contribution in [3.05, 3.63) is 0 Å². The van der Waals surface area contributed by atoms with E-state index in [4.69, 9.17) is 0 Å². The molecule has 94 valence electrons. The lowest BCUT2D eigenvalue weighted by Gasteiger charge is -2.12. The zero-order chi connectivity index (χ0) is 12.4. The Bertz CT molecular complexity index is 221. The Kier molecular flexibility index (Phi) is 8.38. The highest BCUT2D eigenvalue weighted by Crippen LogP contribution is 2.11. The van der Waals surface area contributed by atoms with Crippen LogP contribution in [0.15, 0.2) is 0 Å². The van der Waals surface area contributed by atoms with E-state index in [0.717, 1.165) is 0 Å². The van der Waals surface area contributed by atoms with Crippen molar-refractivity contribution in [1.29, 1.82) is 0 Å². The number of hydrogen-bond acceptors (Lipinski definition) is 4. The molecule has 0 radical (unpaired) electrons. The second kappa shape index (κ2) is 9.06. The summed E-state index contributed by atoms with van der Waals surface area (Å²) >= 11 is 0. The second-order valence-electron chi connectivity index (χ2n) is 3.08. The van der Waals surface area contributed by atoms with Crippen LogP contribution >= 0.6 is 0 Å². The third kappa shape index (κ3) is 6.31. The summed E-state index contributed by atoms with van der Waals surface area (Å²) in [5.41, 5.74) is 0. The number of alkyl halides is 2. The van der Waals surface area contributed by atoms with Crippen LogP contribution in [0.4, 0.5) is 8.78 Å². The smallest absolute Gasteiger partial charge is 0.309 e. The van der Waals surface area contributed by atoms with Crippen molar-refractivity contribution in [3.8, 4) is 0 Å². The zero-order valence-electron chi connectivity index (χ0n) is 9.21. The lowest BCUT2D eigenvalue weighted by atomic mass is 10.0. The predicted molar refractivity (Wildman–Crippen MR) is 52.3 cm³/mol. The quantitative estimate of drug-likeness (QED) is 0.600. The van der Waals surface area contributed by atoms with Crippen molar-refractivity contribution >= 4 is 11.9 Å². The molecule has 0 fully saturated rings. The molecule has 0 rings (SSSR count). The third-order valence-corrected chi connectivity index (χ3v) is 1.90.